The lowest BCUT2D eigenvalue weighted by atomic mass is 10.2. The van der Waals surface area contributed by atoms with Crippen molar-refractivity contribution in [2.24, 2.45) is 0 Å². The zero-order chi connectivity index (χ0) is 10.6. The van der Waals surface area contributed by atoms with Crippen molar-refractivity contribution in [3.8, 4) is 0 Å². The maximum atomic E-state index is 13.0. The zero-order valence-corrected chi connectivity index (χ0v) is 7.21. The van der Waals surface area contributed by atoms with Crippen LogP contribution >= 0.6 is 0 Å². The Morgan fingerprint density at radius 1 is 1.43 bits per heavy atom. The van der Waals surface area contributed by atoms with Crippen LogP contribution in [0.5, 0.6) is 0 Å². The molecular formula is C10H8F2O2. The van der Waals surface area contributed by atoms with E-state index in [1.165, 1.54) is 24.3 Å². The zero-order valence-electron chi connectivity index (χ0n) is 7.21. The molecule has 0 aliphatic carbocycles. The van der Waals surface area contributed by atoms with Crippen molar-refractivity contribution in [3.63, 3.8) is 0 Å². The number of halogens is 2. The monoisotopic (exact) mass is 198 g/mol. The summed E-state index contributed by atoms with van der Waals surface area (Å²) in [6.07, 6.45) is 2.29. The van der Waals surface area contributed by atoms with Crippen LogP contribution in [0.15, 0.2) is 24.3 Å². The van der Waals surface area contributed by atoms with Gasteiger partial charge in [0.1, 0.15) is 0 Å². The molecule has 14 heavy (non-hydrogen) atoms. The fourth-order valence-corrected chi connectivity index (χ4v) is 0.936. The number of rotatable bonds is 3. The summed E-state index contributed by atoms with van der Waals surface area (Å²) < 4.78 is 25.6. The Labute approximate surface area is 79.5 Å². The quantitative estimate of drug-likeness (QED) is 0.809. The van der Waals surface area contributed by atoms with E-state index < -0.39 is 17.6 Å². The van der Waals surface area contributed by atoms with Crippen LogP contribution in [-0.4, -0.2) is 11.1 Å². The number of carbonyl (C=O) groups is 1. The van der Waals surface area contributed by atoms with Crippen molar-refractivity contribution in [3.05, 3.63) is 41.5 Å². The van der Waals surface area contributed by atoms with Crippen molar-refractivity contribution in [1.82, 2.24) is 0 Å². The van der Waals surface area contributed by atoms with Gasteiger partial charge in [0.25, 0.3) is 0 Å². The predicted molar refractivity (Wildman–Crippen MR) is 47.6 cm³/mol. The molecule has 0 heterocycles. The van der Waals surface area contributed by atoms with E-state index in [1.807, 2.05) is 0 Å². The lowest BCUT2D eigenvalue weighted by Crippen LogP contribution is -1.91. The van der Waals surface area contributed by atoms with Crippen LogP contribution in [0, 0.1) is 11.6 Å². The summed E-state index contributed by atoms with van der Waals surface area (Å²) in [6, 6.07) is 3.74. The molecule has 2 nitrogen and oxygen atoms in total. The molecule has 0 saturated heterocycles. The maximum Gasteiger partial charge on any atom is 0.307 e. The highest BCUT2D eigenvalue weighted by Gasteiger charge is 2.03. The Bertz CT molecular complexity index is 372. The van der Waals surface area contributed by atoms with Gasteiger partial charge in [-0.15, -0.1) is 0 Å². The van der Waals surface area contributed by atoms with E-state index in [0.717, 1.165) is 6.07 Å². The number of hydrogen-bond donors (Lipinski definition) is 1. The molecule has 0 aromatic heterocycles. The molecule has 0 aliphatic heterocycles. The molecular weight excluding hydrogens is 190 g/mol. The first-order valence-electron chi connectivity index (χ1n) is 3.93. The van der Waals surface area contributed by atoms with Crippen LogP contribution in [-0.2, 0) is 4.79 Å². The first-order valence-corrected chi connectivity index (χ1v) is 3.93. The molecule has 0 aliphatic rings. The molecule has 0 spiro atoms. The Balaban J connectivity index is 2.81. The lowest BCUT2D eigenvalue weighted by molar-refractivity contribution is -0.135. The number of carboxylic acid groups (broad SMARTS) is 1. The second-order valence-corrected chi connectivity index (χ2v) is 2.64. The molecule has 4 heteroatoms. The third-order valence-electron chi connectivity index (χ3n) is 1.57. The van der Waals surface area contributed by atoms with Gasteiger partial charge in [-0.25, -0.2) is 8.78 Å². The maximum absolute atomic E-state index is 13.0. The second-order valence-electron chi connectivity index (χ2n) is 2.64. The van der Waals surface area contributed by atoms with Crippen LogP contribution in [0.3, 0.4) is 0 Å². The minimum Gasteiger partial charge on any atom is -0.481 e. The minimum atomic E-state index is -1.02. The van der Waals surface area contributed by atoms with Crippen LogP contribution in [0.2, 0.25) is 0 Å². The number of hydrogen-bond acceptors (Lipinski definition) is 1. The van der Waals surface area contributed by atoms with Gasteiger partial charge < -0.3 is 5.11 Å². The molecule has 1 N–H and O–H groups in total. The average Bonchev–Trinajstić information content (AvgIpc) is 2.12. The fraction of sp³-hybridized carbons (Fsp3) is 0.100. The molecule has 74 valence electrons. The molecule has 0 saturated carbocycles. The van der Waals surface area contributed by atoms with Gasteiger partial charge in [0.15, 0.2) is 11.6 Å². The summed E-state index contributed by atoms with van der Waals surface area (Å²) >= 11 is 0. The van der Waals surface area contributed by atoms with Crippen molar-refractivity contribution in [2.45, 2.75) is 6.42 Å². The van der Waals surface area contributed by atoms with E-state index in [4.69, 9.17) is 5.11 Å². The third-order valence-corrected chi connectivity index (χ3v) is 1.57. The van der Waals surface area contributed by atoms with Crippen LogP contribution < -0.4 is 0 Å². The Morgan fingerprint density at radius 3 is 2.79 bits per heavy atom. The van der Waals surface area contributed by atoms with E-state index in [2.05, 4.69) is 0 Å². The van der Waals surface area contributed by atoms with E-state index in [-0.39, 0.29) is 12.0 Å². The van der Waals surface area contributed by atoms with Gasteiger partial charge in [0.2, 0.25) is 0 Å². The largest absolute Gasteiger partial charge is 0.481 e. The summed E-state index contributed by atoms with van der Waals surface area (Å²) in [4.78, 5) is 10.1. The van der Waals surface area contributed by atoms with E-state index >= 15 is 0 Å². The Kier molecular flexibility index (Phi) is 3.34. The smallest absolute Gasteiger partial charge is 0.307 e. The number of benzene rings is 1. The van der Waals surface area contributed by atoms with Crippen LogP contribution in [0.25, 0.3) is 6.08 Å². The topological polar surface area (TPSA) is 37.3 Å². The van der Waals surface area contributed by atoms with Gasteiger partial charge in [-0.2, -0.15) is 0 Å². The Morgan fingerprint density at radius 2 is 2.14 bits per heavy atom. The van der Waals surface area contributed by atoms with E-state index in [1.54, 1.807) is 0 Å². The third kappa shape index (κ3) is 2.65. The normalized spacial score (nSPS) is 10.7. The first kappa shape index (κ1) is 10.4. The van der Waals surface area contributed by atoms with Gasteiger partial charge in [0.05, 0.1) is 6.42 Å². The SMILES string of the molecule is O=C(O)C/C=C/c1cccc(F)c1F. The van der Waals surface area contributed by atoms with Crippen molar-refractivity contribution < 1.29 is 18.7 Å². The highest BCUT2D eigenvalue weighted by Crippen LogP contribution is 2.12. The van der Waals surface area contributed by atoms with E-state index in [9.17, 15) is 13.6 Å². The molecule has 0 radical (unpaired) electrons. The summed E-state index contributed by atoms with van der Waals surface area (Å²) in [5, 5.41) is 8.30. The molecule has 0 bridgehead atoms. The van der Waals surface area contributed by atoms with Gasteiger partial charge in [-0.1, -0.05) is 24.3 Å². The van der Waals surface area contributed by atoms with Gasteiger partial charge in [-0.05, 0) is 6.07 Å². The fourth-order valence-electron chi connectivity index (χ4n) is 0.936. The minimum absolute atomic E-state index is 0.0475. The summed E-state index contributed by atoms with van der Waals surface area (Å²) in [6.45, 7) is 0. The predicted octanol–water partition coefficient (Wildman–Crippen LogP) is 2.45. The molecule has 0 fully saturated rings. The standard InChI is InChI=1S/C10H8F2O2/c11-8-5-1-3-7(10(8)12)4-2-6-9(13)14/h1-5H,6H2,(H,13,14)/b4-2+. The summed E-state index contributed by atoms with van der Waals surface area (Å²) in [5.41, 5.74) is 0.0475. The number of carboxylic acids is 1. The van der Waals surface area contributed by atoms with Crippen molar-refractivity contribution >= 4 is 12.0 Å². The average molecular weight is 198 g/mol. The molecule has 1 rings (SSSR count). The highest BCUT2D eigenvalue weighted by atomic mass is 19.2. The van der Waals surface area contributed by atoms with Crippen LogP contribution in [0.4, 0.5) is 8.78 Å². The highest BCUT2D eigenvalue weighted by molar-refractivity contribution is 5.70. The molecule has 0 atom stereocenters. The van der Waals surface area contributed by atoms with Gasteiger partial charge in [0, 0.05) is 5.56 Å². The Hall–Kier alpha value is -1.71. The van der Waals surface area contributed by atoms with Crippen molar-refractivity contribution in [1.29, 1.82) is 0 Å². The first-order chi connectivity index (χ1) is 6.61. The van der Waals surface area contributed by atoms with E-state index in [0.29, 0.717) is 0 Å². The molecule has 1 aromatic carbocycles. The lowest BCUT2D eigenvalue weighted by Gasteiger charge is -1.96. The van der Waals surface area contributed by atoms with Gasteiger partial charge in [-0.3, -0.25) is 4.79 Å². The molecule has 0 amide bonds. The van der Waals surface area contributed by atoms with Gasteiger partial charge >= 0.3 is 5.97 Å². The van der Waals surface area contributed by atoms with Crippen molar-refractivity contribution in [2.75, 3.05) is 0 Å². The summed E-state index contributed by atoms with van der Waals surface area (Å²) in [5.74, 6) is -2.92. The number of aliphatic carboxylic acids is 1. The molecule has 1 aromatic rings. The van der Waals surface area contributed by atoms with Crippen LogP contribution in [0.1, 0.15) is 12.0 Å². The second kappa shape index (κ2) is 4.50. The molecule has 0 unspecified atom stereocenters. The summed E-state index contributed by atoms with van der Waals surface area (Å²) in [7, 11) is 0.